The number of hydrogen-bond acceptors (Lipinski definition) is 2. The lowest BCUT2D eigenvalue weighted by Crippen LogP contribution is -2.27. The van der Waals surface area contributed by atoms with Crippen LogP contribution in [0, 0.1) is 0 Å². The average molecular weight is 308 g/mol. The van der Waals surface area contributed by atoms with E-state index in [0.717, 1.165) is 28.6 Å². The Labute approximate surface area is 135 Å². The molecule has 0 saturated carbocycles. The van der Waals surface area contributed by atoms with Crippen molar-refractivity contribution < 1.29 is 9.53 Å². The van der Waals surface area contributed by atoms with Crippen molar-refractivity contribution in [2.24, 2.45) is 0 Å². The normalized spacial score (nSPS) is 10.7. The summed E-state index contributed by atoms with van der Waals surface area (Å²) in [6.45, 7) is 0.647. The molecular formula is C19H20N2O2. The van der Waals surface area contributed by atoms with E-state index >= 15 is 0 Å². The van der Waals surface area contributed by atoms with Crippen LogP contribution in [0.4, 0.5) is 0 Å². The summed E-state index contributed by atoms with van der Waals surface area (Å²) in [5, 5.41) is 4.01. The van der Waals surface area contributed by atoms with Crippen molar-refractivity contribution in [2.45, 2.75) is 12.8 Å². The molecule has 0 bridgehead atoms. The standard InChI is InChI=1S/C19H20N2O2/c1-23-16-7-8-18-17(12-16)15(13-21-18)11-19(22)20-10-9-14-5-3-2-4-6-14/h2-8,12-13,21H,9-11H2,1H3,(H,20,22). The predicted molar refractivity (Wildman–Crippen MR) is 91.7 cm³/mol. The summed E-state index contributed by atoms with van der Waals surface area (Å²) < 4.78 is 5.25. The zero-order valence-electron chi connectivity index (χ0n) is 13.1. The van der Waals surface area contributed by atoms with E-state index in [4.69, 9.17) is 4.74 Å². The number of amides is 1. The number of nitrogens with one attached hydrogen (secondary N) is 2. The SMILES string of the molecule is COc1ccc2[nH]cc(CC(=O)NCCc3ccccc3)c2c1. The third kappa shape index (κ3) is 3.72. The summed E-state index contributed by atoms with van der Waals surface area (Å²) in [6.07, 6.45) is 3.09. The van der Waals surface area contributed by atoms with Crippen LogP contribution in [0.3, 0.4) is 0 Å². The van der Waals surface area contributed by atoms with Crippen molar-refractivity contribution in [2.75, 3.05) is 13.7 Å². The highest BCUT2D eigenvalue weighted by atomic mass is 16.5. The highest BCUT2D eigenvalue weighted by Crippen LogP contribution is 2.23. The van der Waals surface area contributed by atoms with Gasteiger partial charge in [0.05, 0.1) is 13.5 Å². The Morgan fingerprint density at radius 1 is 1.17 bits per heavy atom. The number of rotatable bonds is 6. The molecule has 3 rings (SSSR count). The largest absolute Gasteiger partial charge is 0.497 e. The monoisotopic (exact) mass is 308 g/mol. The van der Waals surface area contributed by atoms with E-state index in [2.05, 4.69) is 22.4 Å². The molecule has 4 nitrogen and oxygen atoms in total. The molecule has 4 heteroatoms. The molecule has 1 aromatic heterocycles. The topological polar surface area (TPSA) is 54.1 Å². The Hall–Kier alpha value is -2.75. The summed E-state index contributed by atoms with van der Waals surface area (Å²) in [6, 6.07) is 16.0. The first kappa shape index (κ1) is 15.2. The second-order valence-electron chi connectivity index (χ2n) is 5.49. The molecule has 0 spiro atoms. The maximum Gasteiger partial charge on any atom is 0.224 e. The number of methoxy groups -OCH3 is 1. The van der Waals surface area contributed by atoms with E-state index in [9.17, 15) is 4.79 Å². The number of carbonyl (C=O) groups excluding carboxylic acids is 1. The summed E-state index contributed by atoms with van der Waals surface area (Å²) in [4.78, 5) is 15.3. The Morgan fingerprint density at radius 3 is 2.78 bits per heavy atom. The number of aromatic amines is 1. The van der Waals surface area contributed by atoms with Gasteiger partial charge >= 0.3 is 0 Å². The first-order chi connectivity index (χ1) is 11.3. The van der Waals surface area contributed by atoms with Crippen molar-refractivity contribution in [3.8, 4) is 5.75 Å². The summed E-state index contributed by atoms with van der Waals surface area (Å²) in [5.74, 6) is 0.826. The van der Waals surface area contributed by atoms with Crippen molar-refractivity contribution in [3.05, 3.63) is 65.9 Å². The molecule has 1 heterocycles. The van der Waals surface area contributed by atoms with Crippen LogP contribution < -0.4 is 10.1 Å². The number of fused-ring (bicyclic) bond motifs is 1. The van der Waals surface area contributed by atoms with Crippen LogP contribution in [0.2, 0.25) is 0 Å². The number of benzene rings is 2. The number of aromatic nitrogens is 1. The van der Waals surface area contributed by atoms with Gasteiger partial charge in [-0.15, -0.1) is 0 Å². The highest BCUT2D eigenvalue weighted by molar-refractivity contribution is 5.89. The van der Waals surface area contributed by atoms with E-state index in [1.807, 2.05) is 42.6 Å². The number of H-pyrrole nitrogens is 1. The maximum absolute atomic E-state index is 12.1. The third-order valence-corrected chi connectivity index (χ3v) is 3.90. The lowest BCUT2D eigenvalue weighted by molar-refractivity contribution is -0.120. The van der Waals surface area contributed by atoms with Crippen molar-refractivity contribution in [1.29, 1.82) is 0 Å². The summed E-state index contributed by atoms with van der Waals surface area (Å²) in [7, 11) is 1.64. The molecule has 2 aromatic carbocycles. The Kier molecular flexibility index (Phi) is 4.62. The lowest BCUT2D eigenvalue weighted by atomic mass is 10.1. The van der Waals surface area contributed by atoms with Gasteiger partial charge in [0.25, 0.3) is 0 Å². The van der Waals surface area contributed by atoms with Gasteiger partial charge in [-0.2, -0.15) is 0 Å². The summed E-state index contributed by atoms with van der Waals surface area (Å²) >= 11 is 0. The van der Waals surface area contributed by atoms with E-state index in [1.54, 1.807) is 7.11 Å². The average Bonchev–Trinajstić information content (AvgIpc) is 2.98. The zero-order valence-corrected chi connectivity index (χ0v) is 13.1. The number of carbonyl (C=O) groups is 1. The van der Waals surface area contributed by atoms with Gasteiger partial charge < -0.3 is 15.0 Å². The van der Waals surface area contributed by atoms with Gasteiger partial charge in [-0.05, 0) is 35.7 Å². The fourth-order valence-corrected chi connectivity index (χ4v) is 2.66. The van der Waals surface area contributed by atoms with Gasteiger partial charge in [0.1, 0.15) is 5.75 Å². The Balaban J connectivity index is 1.59. The van der Waals surface area contributed by atoms with Crippen molar-refractivity contribution in [1.82, 2.24) is 10.3 Å². The minimum Gasteiger partial charge on any atom is -0.497 e. The Bertz CT molecular complexity index is 793. The molecule has 0 aliphatic rings. The van der Waals surface area contributed by atoms with Crippen molar-refractivity contribution >= 4 is 16.8 Å². The van der Waals surface area contributed by atoms with E-state index in [0.29, 0.717) is 13.0 Å². The van der Waals surface area contributed by atoms with Crippen LogP contribution in [-0.4, -0.2) is 24.5 Å². The molecule has 1 amide bonds. The third-order valence-electron chi connectivity index (χ3n) is 3.90. The fraction of sp³-hybridized carbons (Fsp3) is 0.211. The van der Waals surface area contributed by atoms with Crippen LogP contribution in [0.25, 0.3) is 10.9 Å². The first-order valence-corrected chi connectivity index (χ1v) is 7.71. The molecular weight excluding hydrogens is 288 g/mol. The molecule has 118 valence electrons. The zero-order chi connectivity index (χ0) is 16.1. The molecule has 0 atom stereocenters. The predicted octanol–water partition coefficient (Wildman–Crippen LogP) is 3.08. The van der Waals surface area contributed by atoms with Gasteiger partial charge in [0.15, 0.2) is 0 Å². The number of ether oxygens (including phenoxy) is 1. The van der Waals surface area contributed by atoms with Gasteiger partial charge in [0.2, 0.25) is 5.91 Å². The lowest BCUT2D eigenvalue weighted by Gasteiger charge is -2.05. The van der Waals surface area contributed by atoms with Crippen LogP contribution in [0.15, 0.2) is 54.7 Å². The van der Waals surface area contributed by atoms with Crippen LogP contribution in [-0.2, 0) is 17.6 Å². The second kappa shape index (κ2) is 7.01. The first-order valence-electron chi connectivity index (χ1n) is 7.71. The fourth-order valence-electron chi connectivity index (χ4n) is 2.66. The molecule has 3 aromatic rings. The van der Waals surface area contributed by atoms with E-state index in [1.165, 1.54) is 5.56 Å². The molecule has 0 aliphatic carbocycles. The van der Waals surface area contributed by atoms with Gasteiger partial charge in [-0.25, -0.2) is 0 Å². The van der Waals surface area contributed by atoms with Gasteiger partial charge in [-0.1, -0.05) is 30.3 Å². The molecule has 23 heavy (non-hydrogen) atoms. The minimum absolute atomic E-state index is 0.0321. The van der Waals surface area contributed by atoms with Crippen LogP contribution >= 0.6 is 0 Å². The Morgan fingerprint density at radius 2 is 2.00 bits per heavy atom. The highest BCUT2D eigenvalue weighted by Gasteiger charge is 2.09. The minimum atomic E-state index is 0.0321. The quantitative estimate of drug-likeness (QED) is 0.735. The van der Waals surface area contributed by atoms with E-state index < -0.39 is 0 Å². The molecule has 0 radical (unpaired) electrons. The molecule has 2 N–H and O–H groups in total. The molecule has 0 fully saturated rings. The van der Waals surface area contributed by atoms with E-state index in [-0.39, 0.29) is 5.91 Å². The smallest absolute Gasteiger partial charge is 0.224 e. The maximum atomic E-state index is 12.1. The van der Waals surface area contributed by atoms with Crippen LogP contribution in [0.5, 0.6) is 5.75 Å². The molecule has 0 unspecified atom stereocenters. The van der Waals surface area contributed by atoms with Gasteiger partial charge in [-0.3, -0.25) is 4.79 Å². The van der Waals surface area contributed by atoms with Gasteiger partial charge in [0, 0.05) is 23.6 Å². The number of hydrogen-bond donors (Lipinski definition) is 2. The second-order valence-corrected chi connectivity index (χ2v) is 5.49. The van der Waals surface area contributed by atoms with Crippen LogP contribution in [0.1, 0.15) is 11.1 Å². The molecule has 0 saturated heterocycles. The molecule has 0 aliphatic heterocycles. The van der Waals surface area contributed by atoms with Crippen molar-refractivity contribution in [3.63, 3.8) is 0 Å². The summed E-state index contributed by atoms with van der Waals surface area (Å²) in [5.41, 5.74) is 3.22.